The first kappa shape index (κ1) is 20.9. The van der Waals surface area contributed by atoms with Crippen LogP contribution in [0.2, 0.25) is 5.02 Å². The van der Waals surface area contributed by atoms with Gasteiger partial charge in [-0.1, -0.05) is 41.9 Å². The van der Waals surface area contributed by atoms with Crippen molar-refractivity contribution in [2.24, 2.45) is 10.3 Å². The summed E-state index contributed by atoms with van der Waals surface area (Å²) >= 11 is 5.83. The van der Waals surface area contributed by atoms with Gasteiger partial charge in [-0.2, -0.15) is 26.7 Å². The van der Waals surface area contributed by atoms with Crippen LogP contribution >= 0.6 is 11.6 Å². The predicted octanol–water partition coefficient (Wildman–Crippen LogP) is 3.36. The highest BCUT2D eigenvalue weighted by Crippen LogP contribution is 2.33. The summed E-state index contributed by atoms with van der Waals surface area (Å²) in [5.41, 5.74) is 0.593. The Hall–Kier alpha value is -2.40. The first-order valence-electron chi connectivity index (χ1n) is 7.24. The van der Waals surface area contributed by atoms with Crippen LogP contribution in [-0.4, -0.2) is 18.2 Å². The van der Waals surface area contributed by atoms with Crippen LogP contribution in [0.1, 0.15) is 5.69 Å². The van der Waals surface area contributed by atoms with Gasteiger partial charge in [0.2, 0.25) is 0 Å². The van der Waals surface area contributed by atoms with Crippen LogP contribution < -0.4 is 10.3 Å². The molecule has 0 bridgehead atoms. The summed E-state index contributed by atoms with van der Waals surface area (Å²) in [6.07, 6.45) is -4.50. The molecular formula is C16H14ClF3N4O2S. The van der Waals surface area contributed by atoms with Crippen molar-refractivity contribution in [2.75, 3.05) is 0 Å². The Morgan fingerprint density at radius 2 is 1.48 bits per heavy atom. The average Bonchev–Trinajstić information content (AvgIpc) is 3.00. The normalized spacial score (nSPS) is 11.6. The molecule has 0 saturated carbocycles. The Balaban J connectivity index is 0.000000465. The molecule has 144 valence electrons. The Bertz CT molecular complexity index is 996. The van der Waals surface area contributed by atoms with Crippen LogP contribution in [0, 0.1) is 0 Å². The van der Waals surface area contributed by atoms with Gasteiger partial charge in [-0.15, -0.1) is 0 Å². The Labute approximate surface area is 158 Å². The van der Waals surface area contributed by atoms with Crippen molar-refractivity contribution >= 4 is 21.8 Å². The van der Waals surface area contributed by atoms with Crippen molar-refractivity contribution in [3.63, 3.8) is 0 Å². The summed E-state index contributed by atoms with van der Waals surface area (Å²) in [4.78, 5) is 0. The summed E-state index contributed by atoms with van der Waals surface area (Å²) in [5.74, 6) is 0. The zero-order valence-electron chi connectivity index (χ0n) is 13.6. The zero-order valence-corrected chi connectivity index (χ0v) is 15.1. The molecule has 0 aliphatic heterocycles. The Morgan fingerprint density at radius 3 is 1.96 bits per heavy atom. The minimum absolute atomic E-state index is 0.357. The lowest BCUT2D eigenvalue weighted by Gasteiger charge is -2.07. The van der Waals surface area contributed by atoms with Gasteiger partial charge in [-0.3, -0.25) is 0 Å². The van der Waals surface area contributed by atoms with Gasteiger partial charge in [0.05, 0.1) is 11.4 Å². The molecule has 0 aliphatic carbocycles. The smallest absolute Gasteiger partial charge is 0.233 e. The van der Waals surface area contributed by atoms with Gasteiger partial charge >= 0.3 is 6.18 Å². The van der Waals surface area contributed by atoms with E-state index in [-0.39, 0.29) is 0 Å². The number of nitrogens with two attached hydrogens (primary N) is 2. The van der Waals surface area contributed by atoms with Gasteiger partial charge in [0.25, 0.3) is 10.2 Å². The fourth-order valence-electron chi connectivity index (χ4n) is 2.11. The molecule has 0 spiro atoms. The molecule has 2 aromatic carbocycles. The number of nitrogens with zero attached hydrogens (tertiary/aromatic N) is 2. The minimum atomic E-state index is -4.50. The molecule has 0 aliphatic rings. The molecule has 11 heteroatoms. The molecule has 3 aromatic rings. The Kier molecular flexibility index (Phi) is 6.26. The number of halogens is 4. The van der Waals surface area contributed by atoms with Crippen molar-refractivity contribution in [1.29, 1.82) is 0 Å². The van der Waals surface area contributed by atoms with Gasteiger partial charge in [-0.05, 0) is 30.3 Å². The van der Waals surface area contributed by atoms with Gasteiger partial charge < -0.3 is 0 Å². The summed E-state index contributed by atoms with van der Waals surface area (Å²) in [6, 6.07) is 16.3. The van der Waals surface area contributed by atoms with Gasteiger partial charge in [0, 0.05) is 10.6 Å². The summed E-state index contributed by atoms with van der Waals surface area (Å²) < 4.78 is 58.6. The molecule has 0 radical (unpaired) electrons. The highest BCUT2D eigenvalue weighted by Gasteiger charge is 2.35. The van der Waals surface area contributed by atoms with Gasteiger partial charge in [0.1, 0.15) is 0 Å². The fraction of sp³-hybridized carbons (Fsp3) is 0.0625. The molecule has 1 aromatic heterocycles. The predicted molar refractivity (Wildman–Crippen MR) is 96.3 cm³/mol. The van der Waals surface area contributed by atoms with Crippen molar-refractivity contribution in [3.05, 3.63) is 71.4 Å². The third-order valence-electron chi connectivity index (χ3n) is 3.14. The molecule has 3 rings (SSSR count). The SMILES string of the molecule is FC(F)(F)c1cc(-c2ccc(Cl)cc2)n(-c2ccccc2)n1.NS(N)(=O)=O. The van der Waals surface area contributed by atoms with E-state index in [0.717, 1.165) is 6.07 Å². The van der Waals surface area contributed by atoms with Gasteiger partial charge in [-0.25, -0.2) is 15.0 Å². The van der Waals surface area contributed by atoms with Crippen LogP contribution in [0.25, 0.3) is 16.9 Å². The molecule has 0 amide bonds. The standard InChI is InChI=1S/C16H10ClF3N2.H4N2O2S/c17-12-8-6-11(7-9-12)14-10-15(16(18,19)20)21-22(14)13-4-2-1-3-5-13;1-5(2,3)4/h1-10H;(H4,1,2,3,4). The van der Waals surface area contributed by atoms with Crippen molar-refractivity contribution in [3.8, 4) is 16.9 Å². The molecule has 0 atom stereocenters. The van der Waals surface area contributed by atoms with Crippen molar-refractivity contribution < 1.29 is 21.6 Å². The minimum Gasteiger partial charge on any atom is -0.233 e. The lowest BCUT2D eigenvalue weighted by Crippen LogP contribution is -2.21. The molecule has 0 unspecified atom stereocenters. The van der Waals surface area contributed by atoms with E-state index in [0.29, 0.717) is 22.0 Å². The highest BCUT2D eigenvalue weighted by molar-refractivity contribution is 7.86. The summed E-state index contributed by atoms with van der Waals surface area (Å²) in [7, 11) is -3.67. The quantitative estimate of drug-likeness (QED) is 0.666. The number of hydrogen-bond acceptors (Lipinski definition) is 3. The zero-order chi connectivity index (χ0) is 20.2. The maximum Gasteiger partial charge on any atom is 0.435 e. The average molecular weight is 419 g/mol. The second-order valence-electron chi connectivity index (χ2n) is 5.26. The van der Waals surface area contributed by atoms with E-state index >= 15 is 0 Å². The summed E-state index contributed by atoms with van der Waals surface area (Å²) in [5, 5.41) is 12.4. The first-order chi connectivity index (χ1) is 12.4. The number of alkyl halides is 3. The number of para-hydroxylation sites is 1. The van der Waals surface area contributed by atoms with Crippen molar-refractivity contribution in [1.82, 2.24) is 9.78 Å². The number of hydrogen-bond donors (Lipinski definition) is 2. The first-order valence-corrected chi connectivity index (χ1v) is 9.23. The summed E-state index contributed by atoms with van der Waals surface area (Å²) in [6.45, 7) is 0. The van der Waals surface area contributed by atoms with Crippen LogP contribution in [0.5, 0.6) is 0 Å². The van der Waals surface area contributed by atoms with E-state index < -0.39 is 22.1 Å². The van der Waals surface area contributed by atoms with E-state index in [1.807, 2.05) is 0 Å². The number of aromatic nitrogens is 2. The molecule has 27 heavy (non-hydrogen) atoms. The molecule has 0 fully saturated rings. The van der Waals surface area contributed by atoms with Crippen molar-refractivity contribution in [2.45, 2.75) is 6.18 Å². The van der Waals surface area contributed by atoms with Crippen LogP contribution in [0.4, 0.5) is 13.2 Å². The molecule has 0 saturated heterocycles. The monoisotopic (exact) mass is 418 g/mol. The topological polar surface area (TPSA) is 104 Å². The second kappa shape index (κ2) is 8.09. The van der Waals surface area contributed by atoms with E-state index in [9.17, 15) is 21.6 Å². The third-order valence-corrected chi connectivity index (χ3v) is 3.39. The van der Waals surface area contributed by atoms with Crippen LogP contribution in [-0.2, 0) is 16.4 Å². The second-order valence-corrected chi connectivity index (χ2v) is 6.87. The van der Waals surface area contributed by atoms with Crippen LogP contribution in [0.3, 0.4) is 0 Å². The lowest BCUT2D eigenvalue weighted by atomic mass is 10.1. The maximum absolute atomic E-state index is 13.0. The fourth-order valence-corrected chi connectivity index (χ4v) is 2.24. The number of rotatable bonds is 2. The molecular weight excluding hydrogens is 405 g/mol. The van der Waals surface area contributed by atoms with E-state index in [2.05, 4.69) is 15.4 Å². The highest BCUT2D eigenvalue weighted by atomic mass is 35.5. The lowest BCUT2D eigenvalue weighted by molar-refractivity contribution is -0.141. The Morgan fingerprint density at radius 1 is 0.963 bits per heavy atom. The maximum atomic E-state index is 13.0. The molecule has 1 heterocycles. The number of benzene rings is 2. The van der Waals surface area contributed by atoms with E-state index in [1.54, 1.807) is 54.6 Å². The molecule has 4 N–H and O–H groups in total. The molecule has 6 nitrogen and oxygen atoms in total. The van der Waals surface area contributed by atoms with E-state index in [1.165, 1.54) is 4.68 Å². The van der Waals surface area contributed by atoms with Crippen LogP contribution in [0.15, 0.2) is 60.7 Å². The van der Waals surface area contributed by atoms with Gasteiger partial charge in [0.15, 0.2) is 5.69 Å². The van der Waals surface area contributed by atoms with E-state index in [4.69, 9.17) is 11.6 Å². The third kappa shape index (κ3) is 6.36. The largest absolute Gasteiger partial charge is 0.435 e.